The first-order valence-corrected chi connectivity index (χ1v) is 7.57. The van der Waals surface area contributed by atoms with Crippen LogP contribution in [0.3, 0.4) is 0 Å². The van der Waals surface area contributed by atoms with Crippen LogP contribution in [0.2, 0.25) is 0 Å². The van der Waals surface area contributed by atoms with Crippen molar-refractivity contribution >= 4 is 5.97 Å². The van der Waals surface area contributed by atoms with Crippen molar-refractivity contribution in [1.29, 1.82) is 0 Å². The second-order valence-electron chi connectivity index (χ2n) is 6.29. The van der Waals surface area contributed by atoms with Gasteiger partial charge >= 0.3 is 5.97 Å². The molecule has 0 radical (unpaired) electrons. The number of ether oxygens (including phenoxy) is 1. The van der Waals surface area contributed by atoms with E-state index in [0.717, 1.165) is 45.3 Å². The van der Waals surface area contributed by atoms with Crippen molar-refractivity contribution in [3.05, 3.63) is 35.4 Å². The predicted molar refractivity (Wildman–Crippen MR) is 76.7 cm³/mol. The number of hydrogen-bond acceptors (Lipinski definition) is 2. The summed E-state index contributed by atoms with van der Waals surface area (Å²) in [5.41, 5.74) is 2.00. The van der Waals surface area contributed by atoms with Gasteiger partial charge in [0.25, 0.3) is 0 Å². The molecular weight excluding hydrogens is 252 g/mol. The highest BCUT2D eigenvalue weighted by Crippen LogP contribution is 2.42. The van der Waals surface area contributed by atoms with E-state index >= 15 is 0 Å². The van der Waals surface area contributed by atoms with Crippen LogP contribution in [0.25, 0.3) is 0 Å². The lowest BCUT2D eigenvalue weighted by Gasteiger charge is -2.38. The van der Waals surface area contributed by atoms with Crippen molar-refractivity contribution in [2.45, 2.75) is 38.5 Å². The van der Waals surface area contributed by atoms with Gasteiger partial charge in [-0.2, -0.15) is 0 Å². The second kappa shape index (κ2) is 5.57. The van der Waals surface area contributed by atoms with E-state index in [9.17, 15) is 9.90 Å². The van der Waals surface area contributed by atoms with Crippen LogP contribution in [0.1, 0.15) is 36.8 Å². The molecule has 2 aliphatic rings. The Balaban J connectivity index is 1.81. The molecule has 0 aromatic heterocycles. The van der Waals surface area contributed by atoms with Crippen molar-refractivity contribution in [3.8, 4) is 0 Å². The molecule has 1 heterocycles. The lowest BCUT2D eigenvalue weighted by Crippen LogP contribution is -2.39. The monoisotopic (exact) mass is 274 g/mol. The van der Waals surface area contributed by atoms with Gasteiger partial charge in [0, 0.05) is 13.2 Å². The predicted octanol–water partition coefficient (Wildman–Crippen LogP) is 3.06. The molecule has 1 aromatic carbocycles. The van der Waals surface area contributed by atoms with Gasteiger partial charge in [0.05, 0.1) is 5.41 Å². The third kappa shape index (κ3) is 2.59. The van der Waals surface area contributed by atoms with Crippen molar-refractivity contribution in [2.75, 3.05) is 13.2 Å². The summed E-state index contributed by atoms with van der Waals surface area (Å²) in [4.78, 5) is 11.9. The highest BCUT2D eigenvalue weighted by Gasteiger charge is 2.43. The number of carboxylic acid groups (broad SMARTS) is 1. The zero-order valence-corrected chi connectivity index (χ0v) is 11.8. The highest BCUT2D eigenvalue weighted by atomic mass is 16.5. The lowest BCUT2D eigenvalue weighted by molar-refractivity contribution is -0.151. The first-order chi connectivity index (χ1) is 9.70. The quantitative estimate of drug-likeness (QED) is 0.921. The molecule has 0 saturated carbocycles. The summed E-state index contributed by atoms with van der Waals surface area (Å²) in [6.45, 7) is 1.58. The molecule has 1 aromatic rings. The van der Waals surface area contributed by atoms with E-state index in [0.29, 0.717) is 12.3 Å². The van der Waals surface area contributed by atoms with Crippen molar-refractivity contribution in [1.82, 2.24) is 0 Å². The van der Waals surface area contributed by atoms with E-state index in [2.05, 4.69) is 12.1 Å². The van der Waals surface area contributed by atoms with Crippen molar-refractivity contribution in [2.24, 2.45) is 11.3 Å². The summed E-state index contributed by atoms with van der Waals surface area (Å²) in [7, 11) is 0. The second-order valence-corrected chi connectivity index (χ2v) is 6.29. The maximum atomic E-state index is 11.9. The maximum Gasteiger partial charge on any atom is 0.309 e. The number of rotatable bonds is 3. The molecule has 20 heavy (non-hydrogen) atoms. The van der Waals surface area contributed by atoms with Crippen molar-refractivity contribution in [3.63, 3.8) is 0 Å². The molecule has 3 rings (SSSR count). The zero-order chi connectivity index (χ0) is 14.0. The molecule has 3 heteroatoms. The summed E-state index contributed by atoms with van der Waals surface area (Å²) < 4.78 is 5.39. The Morgan fingerprint density at radius 3 is 2.65 bits per heavy atom. The molecule has 0 spiro atoms. The first-order valence-electron chi connectivity index (χ1n) is 7.57. The summed E-state index contributed by atoms with van der Waals surface area (Å²) in [5.74, 6) is -0.108. The van der Waals surface area contributed by atoms with Gasteiger partial charge in [-0.25, -0.2) is 0 Å². The summed E-state index contributed by atoms with van der Waals surface area (Å²) in [5, 5.41) is 9.81. The first kappa shape index (κ1) is 13.6. The van der Waals surface area contributed by atoms with E-state index in [1.54, 1.807) is 0 Å². The average Bonchev–Trinajstić information content (AvgIpc) is 2.48. The fourth-order valence-electron chi connectivity index (χ4n) is 3.75. The zero-order valence-electron chi connectivity index (χ0n) is 11.8. The van der Waals surface area contributed by atoms with Gasteiger partial charge in [0.2, 0.25) is 0 Å². The number of carbonyl (C=O) groups is 1. The Hall–Kier alpha value is -1.35. The van der Waals surface area contributed by atoms with Crippen molar-refractivity contribution < 1.29 is 14.6 Å². The molecular formula is C17H22O3. The highest BCUT2D eigenvalue weighted by molar-refractivity contribution is 5.75. The Morgan fingerprint density at radius 1 is 1.25 bits per heavy atom. The molecule has 1 aliphatic heterocycles. The number of fused-ring (bicyclic) bond motifs is 1. The standard InChI is InChI=1S/C17H22O3/c18-16(19)17(11-13-6-9-20-10-7-13)8-5-14-3-1-2-4-15(14)12-17/h1-4,13H,5-12H2,(H,18,19). The summed E-state index contributed by atoms with van der Waals surface area (Å²) >= 11 is 0. The minimum Gasteiger partial charge on any atom is -0.481 e. The van der Waals surface area contributed by atoms with Crippen LogP contribution in [0.4, 0.5) is 0 Å². The van der Waals surface area contributed by atoms with Gasteiger partial charge in [-0.15, -0.1) is 0 Å². The number of benzene rings is 1. The molecule has 0 amide bonds. The van der Waals surface area contributed by atoms with Gasteiger partial charge in [0.1, 0.15) is 0 Å². The fourth-order valence-corrected chi connectivity index (χ4v) is 3.75. The van der Waals surface area contributed by atoms with Gasteiger partial charge in [0.15, 0.2) is 0 Å². The van der Waals surface area contributed by atoms with Crippen LogP contribution in [0.5, 0.6) is 0 Å². The fraction of sp³-hybridized carbons (Fsp3) is 0.588. The minimum atomic E-state index is -0.613. The maximum absolute atomic E-state index is 11.9. The van der Waals surface area contributed by atoms with E-state index in [-0.39, 0.29) is 0 Å². The third-order valence-corrected chi connectivity index (χ3v) is 4.99. The van der Waals surface area contributed by atoms with Crippen LogP contribution in [0.15, 0.2) is 24.3 Å². The Labute approximate surface area is 120 Å². The summed E-state index contributed by atoms with van der Waals surface area (Å²) in [6, 6.07) is 8.29. The number of aliphatic carboxylic acids is 1. The summed E-state index contributed by atoms with van der Waals surface area (Å²) in [6.07, 6.45) is 5.19. The van der Waals surface area contributed by atoms with E-state index in [1.807, 2.05) is 12.1 Å². The van der Waals surface area contributed by atoms with Gasteiger partial charge in [-0.05, 0) is 55.6 Å². The van der Waals surface area contributed by atoms with Gasteiger partial charge in [-0.1, -0.05) is 24.3 Å². The molecule has 1 aliphatic carbocycles. The molecule has 1 fully saturated rings. The van der Waals surface area contributed by atoms with Crippen LogP contribution in [-0.2, 0) is 22.4 Å². The molecule has 108 valence electrons. The molecule has 0 bridgehead atoms. The van der Waals surface area contributed by atoms with E-state index in [4.69, 9.17) is 4.74 Å². The SMILES string of the molecule is O=C(O)C1(CC2CCOCC2)CCc2ccccc2C1. The molecule has 1 N–H and O–H groups in total. The van der Waals surface area contributed by atoms with E-state index < -0.39 is 11.4 Å². The third-order valence-electron chi connectivity index (χ3n) is 4.99. The number of hydrogen-bond donors (Lipinski definition) is 1. The number of carboxylic acids is 1. The van der Waals surface area contributed by atoms with Crippen LogP contribution < -0.4 is 0 Å². The van der Waals surface area contributed by atoms with Crippen LogP contribution in [-0.4, -0.2) is 24.3 Å². The Bertz CT molecular complexity index is 491. The normalized spacial score (nSPS) is 27.0. The average molecular weight is 274 g/mol. The smallest absolute Gasteiger partial charge is 0.309 e. The molecule has 1 unspecified atom stereocenters. The van der Waals surface area contributed by atoms with Crippen LogP contribution >= 0.6 is 0 Å². The Morgan fingerprint density at radius 2 is 1.95 bits per heavy atom. The Kier molecular flexibility index (Phi) is 3.79. The number of aryl methyl sites for hydroxylation is 1. The van der Waals surface area contributed by atoms with E-state index in [1.165, 1.54) is 11.1 Å². The molecule has 1 atom stereocenters. The molecule has 1 saturated heterocycles. The topological polar surface area (TPSA) is 46.5 Å². The van der Waals surface area contributed by atoms with Gasteiger partial charge in [-0.3, -0.25) is 4.79 Å². The van der Waals surface area contributed by atoms with Crippen LogP contribution in [0, 0.1) is 11.3 Å². The lowest BCUT2D eigenvalue weighted by atomic mass is 9.66. The van der Waals surface area contributed by atoms with Gasteiger partial charge < -0.3 is 9.84 Å². The largest absolute Gasteiger partial charge is 0.481 e. The minimum absolute atomic E-state index is 0.505. The molecule has 3 nitrogen and oxygen atoms in total.